The van der Waals surface area contributed by atoms with E-state index in [0.29, 0.717) is 12.3 Å². The summed E-state index contributed by atoms with van der Waals surface area (Å²) in [5.74, 6) is 0.0164. The smallest absolute Gasteiger partial charge is 0.295 e. The molecule has 0 radical (unpaired) electrons. The van der Waals surface area contributed by atoms with Gasteiger partial charge in [-0.25, -0.2) is 4.39 Å². The Kier molecular flexibility index (Phi) is 4.74. The van der Waals surface area contributed by atoms with Crippen LogP contribution in [0.1, 0.15) is 5.56 Å². The number of nitro benzene ring substituents is 1. The van der Waals surface area contributed by atoms with E-state index in [-0.39, 0.29) is 11.4 Å². The summed E-state index contributed by atoms with van der Waals surface area (Å²) in [5, 5.41) is 13.9. The zero-order valence-corrected chi connectivity index (χ0v) is 12.7. The molecule has 0 amide bonds. The van der Waals surface area contributed by atoms with Crippen molar-refractivity contribution in [3.05, 3.63) is 62.4 Å². The summed E-state index contributed by atoms with van der Waals surface area (Å²) in [6.45, 7) is 0.315. The second-order valence-electron chi connectivity index (χ2n) is 4.23. The number of methoxy groups -OCH3 is 1. The van der Waals surface area contributed by atoms with Gasteiger partial charge in [-0.2, -0.15) is 0 Å². The Bertz CT molecular complexity index is 679. The van der Waals surface area contributed by atoms with E-state index in [0.717, 1.165) is 16.1 Å². The van der Waals surface area contributed by atoms with Crippen molar-refractivity contribution in [3.8, 4) is 5.75 Å². The quantitative estimate of drug-likeness (QED) is 0.647. The van der Waals surface area contributed by atoms with Gasteiger partial charge < -0.3 is 10.1 Å². The third-order valence-corrected chi connectivity index (χ3v) is 3.36. The number of hydrogen-bond donors (Lipinski definition) is 1. The van der Waals surface area contributed by atoms with Crippen molar-refractivity contribution in [1.29, 1.82) is 0 Å². The maximum atomic E-state index is 13.1. The normalized spacial score (nSPS) is 10.2. The highest BCUT2D eigenvalue weighted by Gasteiger charge is 2.15. The van der Waals surface area contributed by atoms with Gasteiger partial charge in [0.15, 0.2) is 0 Å². The van der Waals surface area contributed by atoms with Gasteiger partial charge >= 0.3 is 0 Å². The molecule has 110 valence electrons. The maximum Gasteiger partial charge on any atom is 0.295 e. The minimum absolute atomic E-state index is 0.253. The summed E-state index contributed by atoms with van der Waals surface area (Å²) in [5.41, 5.74) is 0.776. The molecule has 1 N–H and O–H groups in total. The molecule has 0 aromatic heterocycles. The summed E-state index contributed by atoms with van der Waals surface area (Å²) >= 11 is 3.36. The van der Waals surface area contributed by atoms with Crippen LogP contribution in [0.4, 0.5) is 15.8 Å². The van der Waals surface area contributed by atoms with Crippen LogP contribution in [-0.4, -0.2) is 12.0 Å². The van der Waals surface area contributed by atoms with E-state index in [4.69, 9.17) is 4.74 Å². The van der Waals surface area contributed by atoms with Crippen LogP contribution in [0.25, 0.3) is 0 Å². The highest BCUT2D eigenvalue weighted by atomic mass is 79.9. The molecule has 0 fully saturated rings. The first-order chi connectivity index (χ1) is 10.0. The Morgan fingerprint density at radius 2 is 2.10 bits per heavy atom. The van der Waals surface area contributed by atoms with Gasteiger partial charge in [-0.05, 0) is 30.3 Å². The van der Waals surface area contributed by atoms with Crippen LogP contribution >= 0.6 is 15.9 Å². The topological polar surface area (TPSA) is 64.4 Å². The minimum Gasteiger partial charge on any atom is -0.496 e. The van der Waals surface area contributed by atoms with E-state index < -0.39 is 10.7 Å². The predicted octanol–water partition coefficient (Wildman–Crippen LogP) is 4.12. The minimum atomic E-state index is -0.646. The van der Waals surface area contributed by atoms with Crippen LogP contribution in [0.3, 0.4) is 0 Å². The lowest BCUT2D eigenvalue weighted by Crippen LogP contribution is -2.04. The Balaban J connectivity index is 2.24. The van der Waals surface area contributed by atoms with Crippen molar-refractivity contribution >= 4 is 27.3 Å². The third-order valence-electron chi connectivity index (χ3n) is 2.87. The monoisotopic (exact) mass is 354 g/mol. The van der Waals surface area contributed by atoms with Gasteiger partial charge in [0.2, 0.25) is 0 Å². The fourth-order valence-electron chi connectivity index (χ4n) is 1.88. The van der Waals surface area contributed by atoms with Gasteiger partial charge in [-0.15, -0.1) is 0 Å². The molecule has 0 bridgehead atoms. The van der Waals surface area contributed by atoms with Crippen LogP contribution in [0, 0.1) is 15.9 Å². The standard InChI is InChI=1S/C14H12BrFN2O3/c1-21-14-5-2-10(15)6-9(14)8-17-12-4-3-11(16)7-13(12)18(19)20/h2-7,17H,8H2,1H3. The number of nitro groups is 1. The van der Waals surface area contributed by atoms with Crippen LogP contribution in [0.2, 0.25) is 0 Å². The molecule has 0 aliphatic carbocycles. The zero-order chi connectivity index (χ0) is 15.4. The molecule has 0 aliphatic heterocycles. The molecule has 21 heavy (non-hydrogen) atoms. The molecule has 2 aromatic carbocycles. The number of anilines is 1. The summed E-state index contributed by atoms with van der Waals surface area (Å²) < 4.78 is 19.2. The molecule has 0 aliphatic rings. The lowest BCUT2D eigenvalue weighted by atomic mass is 10.2. The molecule has 5 nitrogen and oxygen atoms in total. The fourth-order valence-corrected chi connectivity index (χ4v) is 2.29. The SMILES string of the molecule is COc1ccc(Br)cc1CNc1ccc(F)cc1[N+](=O)[O-]. The Labute approximate surface area is 129 Å². The maximum absolute atomic E-state index is 13.1. The molecular formula is C14H12BrFN2O3. The van der Waals surface area contributed by atoms with Gasteiger partial charge in [0.25, 0.3) is 5.69 Å². The highest BCUT2D eigenvalue weighted by molar-refractivity contribution is 9.10. The number of nitrogens with zero attached hydrogens (tertiary/aromatic N) is 1. The second-order valence-corrected chi connectivity index (χ2v) is 5.14. The summed E-state index contributed by atoms with van der Waals surface area (Å²) in [7, 11) is 1.55. The number of hydrogen-bond acceptors (Lipinski definition) is 4. The van der Waals surface area contributed by atoms with Crippen LogP contribution in [-0.2, 0) is 6.54 Å². The second kappa shape index (κ2) is 6.53. The first-order valence-corrected chi connectivity index (χ1v) is 6.81. The van der Waals surface area contributed by atoms with Crippen molar-refractivity contribution in [1.82, 2.24) is 0 Å². The van der Waals surface area contributed by atoms with Gasteiger partial charge in [0, 0.05) is 16.6 Å². The molecule has 2 aromatic rings. The Morgan fingerprint density at radius 3 is 2.76 bits per heavy atom. The number of ether oxygens (including phenoxy) is 1. The molecule has 0 heterocycles. The lowest BCUT2D eigenvalue weighted by Gasteiger charge is -2.11. The van der Waals surface area contributed by atoms with E-state index in [1.807, 2.05) is 12.1 Å². The predicted molar refractivity (Wildman–Crippen MR) is 81.1 cm³/mol. The summed E-state index contributed by atoms with van der Waals surface area (Å²) in [6, 6.07) is 8.88. The van der Waals surface area contributed by atoms with E-state index >= 15 is 0 Å². The molecule has 0 atom stereocenters. The number of benzene rings is 2. The Morgan fingerprint density at radius 1 is 1.33 bits per heavy atom. The van der Waals surface area contributed by atoms with Crippen molar-refractivity contribution in [2.24, 2.45) is 0 Å². The fraction of sp³-hybridized carbons (Fsp3) is 0.143. The van der Waals surface area contributed by atoms with E-state index in [2.05, 4.69) is 21.2 Å². The molecule has 7 heteroatoms. The number of halogens is 2. The van der Waals surface area contributed by atoms with Crippen LogP contribution < -0.4 is 10.1 Å². The van der Waals surface area contributed by atoms with Crippen LogP contribution in [0.5, 0.6) is 5.75 Å². The number of nitrogens with one attached hydrogen (secondary N) is 1. The largest absolute Gasteiger partial charge is 0.496 e. The van der Waals surface area contributed by atoms with Gasteiger partial charge in [-0.3, -0.25) is 10.1 Å². The Hall–Kier alpha value is -2.15. The molecule has 0 unspecified atom stereocenters. The highest BCUT2D eigenvalue weighted by Crippen LogP contribution is 2.28. The van der Waals surface area contributed by atoms with E-state index in [1.54, 1.807) is 13.2 Å². The van der Waals surface area contributed by atoms with Crippen molar-refractivity contribution in [2.45, 2.75) is 6.54 Å². The molecule has 0 spiro atoms. The van der Waals surface area contributed by atoms with Gasteiger partial charge in [0.1, 0.15) is 17.3 Å². The van der Waals surface area contributed by atoms with Crippen LogP contribution in [0.15, 0.2) is 40.9 Å². The van der Waals surface area contributed by atoms with Crippen molar-refractivity contribution in [2.75, 3.05) is 12.4 Å². The van der Waals surface area contributed by atoms with E-state index in [9.17, 15) is 14.5 Å². The average molecular weight is 355 g/mol. The van der Waals surface area contributed by atoms with Gasteiger partial charge in [0.05, 0.1) is 18.1 Å². The molecule has 2 rings (SSSR count). The van der Waals surface area contributed by atoms with Crippen molar-refractivity contribution in [3.63, 3.8) is 0 Å². The first-order valence-electron chi connectivity index (χ1n) is 6.01. The average Bonchev–Trinajstić information content (AvgIpc) is 2.46. The molecule has 0 saturated carbocycles. The number of rotatable bonds is 5. The van der Waals surface area contributed by atoms with Gasteiger partial charge in [-0.1, -0.05) is 15.9 Å². The molecular weight excluding hydrogens is 343 g/mol. The summed E-state index contributed by atoms with van der Waals surface area (Å²) in [6.07, 6.45) is 0. The van der Waals surface area contributed by atoms with E-state index in [1.165, 1.54) is 12.1 Å². The first kappa shape index (κ1) is 15.2. The zero-order valence-electron chi connectivity index (χ0n) is 11.1. The third kappa shape index (κ3) is 3.69. The summed E-state index contributed by atoms with van der Waals surface area (Å²) in [4.78, 5) is 10.3. The van der Waals surface area contributed by atoms with Crippen molar-refractivity contribution < 1.29 is 14.1 Å². The molecule has 0 saturated heterocycles. The lowest BCUT2D eigenvalue weighted by molar-refractivity contribution is -0.384.